The molecule has 3 aromatic carbocycles. The molecular formula is C28H26N2O6. The van der Waals surface area contributed by atoms with Crippen LogP contribution in [0.5, 0.6) is 17.2 Å². The first-order chi connectivity index (χ1) is 17.6. The van der Waals surface area contributed by atoms with E-state index in [2.05, 4.69) is 10.6 Å². The normalized spacial score (nSPS) is 16.2. The number of rotatable bonds is 8. The number of benzene rings is 3. The topological polar surface area (TPSA) is 95.1 Å². The zero-order chi connectivity index (χ0) is 24.9. The molecule has 2 aliphatic rings. The predicted octanol–water partition coefficient (Wildman–Crippen LogP) is 4.41. The second-order valence-electron chi connectivity index (χ2n) is 8.45. The van der Waals surface area contributed by atoms with Crippen LogP contribution < -0.4 is 24.8 Å². The van der Waals surface area contributed by atoms with Crippen molar-refractivity contribution in [1.29, 1.82) is 0 Å². The van der Waals surface area contributed by atoms with Gasteiger partial charge in [-0.15, -0.1) is 0 Å². The number of ether oxygens (including phenoxy) is 4. The van der Waals surface area contributed by atoms with Gasteiger partial charge in [0.1, 0.15) is 12.4 Å². The summed E-state index contributed by atoms with van der Waals surface area (Å²) in [5.74, 6) is 1.58. The average Bonchev–Trinajstić information content (AvgIpc) is 3.39. The summed E-state index contributed by atoms with van der Waals surface area (Å²) in [7, 11) is 1.59. The van der Waals surface area contributed by atoms with E-state index in [1.165, 1.54) is 0 Å². The first kappa shape index (κ1) is 23.3. The maximum Gasteiger partial charge on any atom is 0.338 e. The molecule has 184 valence electrons. The Morgan fingerprint density at radius 1 is 0.944 bits per heavy atom. The number of allylic oxidation sites excluding steroid dienone is 1. The van der Waals surface area contributed by atoms with E-state index in [4.69, 9.17) is 18.9 Å². The molecule has 2 heterocycles. The molecule has 0 radical (unpaired) electrons. The molecule has 0 fully saturated rings. The number of esters is 1. The van der Waals surface area contributed by atoms with E-state index < -0.39 is 12.0 Å². The lowest BCUT2D eigenvalue weighted by molar-refractivity contribution is -0.140. The van der Waals surface area contributed by atoms with Crippen LogP contribution in [0.15, 0.2) is 84.1 Å². The van der Waals surface area contributed by atoms with Gasteiger partial charge in [-0.05, 0) is 53.8 Å². The first-order valence-corrected chi connectivity index (χ1v) is 11.6. The quantitative estimate of drug-likeness (QED) is 0.458. The van der Waals surface area contributed by atoms with Gasteiger partial charge in [0.25, 0.3) is 0 Å². The predicted molar refractivity (Wildman–Crippen MR) is 132 cm³/mol. The summed E-state index contributed by atoms with van der Waals surface area (Å²) in [6.07, 6.45) is 1.01. The Kier molecular flexibility index (Phi) is 6.75. The van der Waals surface area contributed by atoms with Crippen molar-refractivity contribution in [3.8, 4) is 17.2 Å². The third-order valence-electron chi connectivity index (χ3n) is 6.11. The lowest BCUT2D eigenvalue weighted by Crippen LogP contribution is -2.46. The van der Waals surface area contributed by atoms with Gasteiger partial charge in [0, 0.05) is 5.70 Å². The Morgan fingerprint density at radius 3 is 2.61 bits per heavy atom. The minimum absolute atomic E-state index is 0.0738. The molecule has 0 saturated heterocycles. The lowest BCUT2D eigenvalue weighted by Gasteiger charge is -2.29. The zero-order valence-electron chi connectivity index (χ0n) is 19.8. The molecule has 1 atom stereocenters. The zero-order valence-corrected chi connectivity index (χ0v) is 19.8. The molecular weight excluding hydrogens is 460 g/mol. The van der Waals surface area contributed by atoms with Crippen molar-refractivity contribution >= 4 is 12.0 Å². The van der Waals surface area contributed by atoms with Gasteiger partial charge in [0.05, 0.1) is 18.7 Å². The minimum Gasteiger partial charge on any atom is -0.497 e. The van der Waals surface area contributed by atoms with E-state index in [0.717, 1.165) is 16.7 Å². The van der Waals surface area contributed by atoms with Crippen LogP contribution in [0.1, 0.15) is 29.2 Å². The number of hydrogen-bond donors (Lipinski definition) is 2. The molecule has 1 unspecified atom stereocenters. The first-order valence-electron chi connectivity index (χ1n) is 11.6. The van der Waals surface area contributed by atoms with E-state index >= 15 is 0 Å². The van der Waals surface area contributed by atoms with E-state index in [9.17, 15) is 9.59 Å². The second-order valence-corrected chi connectivity index (χ2v) is 8.45. The maximum absolute atomic E-state index is 13.5. The lowest BCUT2D eigenvalue weighted by atomic mass is 9.93. The minimum atomic E-state index is -0.635. The fraction of sp³-hybridized carbons (Fsp3) is 0.214. The Hall–Kier alpha value is -4.46. The molecule has 8 heteroatoms. The number of nitrogens with one attached hydrogen (secondary N) is 2. The second kappa shape index (κ2) is 10.4. The van der Waals surface area contributed by atoms with E-state index in [1.807, 2.05) is 72.8 Å². The van der Waals surface area contributed by atoms with Gasteiger partial charge in [-0.1, -0.05) is 48.5 Å². The van der Waals surface area contributed by atoms with Crippen molar-refractivity contribution in [1.82, 2.24) is 10.6 Å². The smallest absolute Gasteiger partial charge is 0.338 e. The van der Waals surface area contributed by atoms with Crippen LogP contribution in [0, 0.1) is 0 Å². The average molecular weight is 487 g/mol. The van der Waals surface area contributed by atoms with Crippen molar-refractivity contribution in [2.75, 3.05) is 13.9 Å². The Bertz CT molecular complexity index is 1300. The van der Waals surface area contributed by atoms with Crippen molar-refractivity contribution in [3.63, 3.8) is 0 Å². The van der Waals surface area contributed by atoms with E-state index in [0.29, 0.717) is 41.4 Å². The summed E-state index contributed by atoms with van der Waals surface area (Å²) >= 11 is 0. The number of methoxy groups -OCH3 is 1. The summed E-state index contributed by atoms with van der Waals surface area (Å²) in [5, 5.41) is 5.72. The molecule has 0 spiro atoms. The number of carbonyl (C=O) groups is 2. The van der Waals surface area contributed by atoms with Crippen LogP contribution >= 0.6 is 0 Å². The highest BCUT2D eigenvalue weighted by Gasteiger charge is 2.33. The van der Waals surface area contributed by atoms with Gasteiger partial charge in [0.15, 0.2) is 11.5 Å². The molecule has 36 heavy (non-hydrogen) atoms. The Morgan fingerprint density at radius 2 is 1.78 bits per heavy atom. The summed E-state index contributed by atoms with van der Waals surface area (Å²) < 4.78 is 21.8. The summed E-state index contributed by atoms with van der Waals surface area (Å²) in [6.45, 7) is 0.276. The van der Waals surface area contributed by atoms with Gasteiger partial charge < -0.3 is 29.6 Å². The molecule has 5 rings (SSSR count). The molecule has 0 aromatic heterocycles. The molecule has 3 aromatic rings. The van der Waals surface area contributed by atoms with Crippen molar-refractivity contribution in [2.24, 2.45) is 0 Å². The van der Waals surface area contributed by atoms with Gasteiger partial charge >= 0.3 is 12.0 Å². The fourth-order valence-electron chi connectivity index (χ4n) is 4.31. The van der Waals surface area contributed by atoms with Crippen molar-refractivity contribution in [2.45, 2.75) is 25.5 Å². The van der Waals surface area contributed by atoms with Crippen LogP contribution in [-0.4, -0.2) is 25.9 Å². The maximum atomic E-state index is 13.5. The molecule has 2 aliphatic heterocycles. The van der Waals surface area contributed by atoms with Crippen molar-refractivity contribution in [3.05, 3.63) is 101 Å². The largest absolute Gasteiger partial charge is 0.497 e. The fourth-order valence-corrected chi connectivity index (χ4v) is 4.31. The molecule has 0 aliphatic carbocycles. The van der Waals surface area contributed by atoms with Crippen LogP contribution in [0.2, 0.25) is 0 Å². The van der Waals surface area contributed by atoms with E-state index in [1.54, 1.807) is 7.11 Å². The van der Waals surface area contributed by atoms with E-state index in [-0.39, 0.29) is 19.4 Å². The summed E-state index contributed by atoms with van der Waals surface area (Å²) in [4.78, 5) is 26.0. The van der Waals surface area contributed by atoms with Gasteiger partial charge in [-0.25, -0.2) is 9.59 Å². The molecule has 2 amide bonds. The van der Waals surface area contributed by atoms with Crippen molar-refractivity contribution < 1.29 is 28.5 Å². The van der Waals surface area contributed by atoms with Gasteiger partial charge in [-0.3, -0.25) is 0 Å². The van der Waals surface area contributed by atoms with Crippen LogP contribution in [0.3, 0.4) is 0 Å². The molecule has 8 nitrogen and oxygen atoms in total. The SMILES string of the molecule is COc1cccc(COC(=O)C2=C(CCc3ccc4c(c3)OCO4)NC(=O)NC2c2ccccc2)c1. The highest BCUT2D eigenvalue weighted by molar-refractivity contribution is 5.95. The Labute approximate surface area is 208 Å². The summed E-state index contributed by atoms with van der Waals surface area (Å²) in [5.41, 5.74) is 3.50. The number of urea groups is 1. The van der Waals surface area contributed by atoms with Crippen LogP contribution in [0.25, 0.3) is 0 Å². The monoisotopic (exact) mass is 486 g/mol. The number of carbonyl (C=O) groups excluding carboxylic acids is 2. The number of aryl methyl sites for hydroxylation is 1. The highest BCUT2D eigenvalue weighted by atomic mass is 16.7. The number of fused-ring (bicyclic) bond motifs is 1. The standard InChI is InChI=1S/C28H26N2O6/c1-33-21-9-5-6-19(14-21)16-34-27(31)25-22(12-10-18-11-13-23-24(15-18)36-17-35-23)29-28(32)30-26(25)20-7-3-2-4-8-20/h2-9,11,13-15,26H,10,12,16-17H2,1H3,(H2,29,30,32). The highest BCUT2D eigenvalue weighted by Crippen LogP contribution is 2.34. The summed E-state index contributed by atoms with van der Waals surface area (Å²) in [6, 6.07) is 21.5. The van der Waals surface area contributed by atoms with Gasteiger partial charge in [0.2, 0.25) is 6.79 Å². The molecule has 0 bridgehead atoms. The third kappa shape index (κ3) is 5.12. The van der Waals surface area contributed by atoms with Gasteiger partial charge in [-0.2, -0.15) is 0 Å². The number of hydrogen-bond acceptors (Lipinski definition) is 6. The number of amides is 2. The van der Waals surface area contributed by atoms with Crippen LogP contribution in [-0.2, 0) is 22.6 Å². The van der Waals surface area contributed by atoms with Crippen LogP contribution in [0.4, 0.5) is 4.79 Å². The molecule has 0 saturated carbocycles. The Balaban J connectivity index is 1.42. The molecule has 2 N–H and O–H groups in total. The third-order valence-corrected chi connectivity index (χ3v) is 6.11.